The fraction of sp³-hybridized carbons (Fsp3) is 0.0417. The highest BCUT2D eigenvalue weighted by atomic mass is 32.1. The van der Waals surface area contributed by atoms with Gasteiger partial charge in [-0.3, -0.25) is 14.5 Å². The minimum Gasteiger partial charge on any atom is -0.503 e. The maximum absolute atomic E-state index is 13.3. The van der Waals surface area contributed by atoms with Crippen molar-refractivity contribution < 1.29 is 14.7 Å². The van der Waals surface area contributed by atoms with Crippen LogP contribution in [0.1, 0.15) is 22.0 Å². The van der Waals surface area contributed by atoms with Gasteiger partial charge in [-0.25, -0.2) is 4.98 Å². The largest absolute Gasteiger partial charge is 0.503 e. The van der Waals surface area contributed by atoms with Gasteiger partial charge in [0.1, 0.15) is 0 Å². The molecule has 0 fully saturated rings. The zero-order valence-corrected chi connectivity index (χ0v) is 16.5. The lowest BCUT2D eigenvalue weighted by Crippen LogP contribution is -2.30. The highest BCUT2D eigenvalue weighted by Gasteiger charge is 2.45. The fourth-order valence-corrected chi connectivity index (χ4v) is 4.69. The van der Waals surface area contributed by atoms with E-state index in [2.05, 4.69) is 4.98 Å². The molecule has 0 radical (unpaired) electrons. The third-order valence-electron chi connectivity index (χ3n) is 5.09. The minimum absolute atomic E-state index is 0.0663. The average Bonchev–Trinajstić information content (AvgIpc) is 3.33. The Balaban J connectivity index is 1.68. The van der Waals surface area contributed by atoms with E-state index in [1.807, 2.05) is 60.7 Å². The summed E-state index contributed by atoms with van der Waals surface area (Å²) >= 11 is 1.35. The number of ketones is 1. The molecule has 1 amide bonds. The molecule has 30 heavy (non-hydrogen) atoms. The third-order valence-corrected chi connectivity index (χ3v) is 6.13. The molecule has 0 bridgehead atoms. The Hall–Kier alpha value is -3.77. The van der Waals surface area contributed by atoms with Gasteiger partial charge in [-0.05, 0) is 17.7 Å². The predicted octanol–water partition coefficient (Wildman–Crippen LogP) is 5.08. The van der Waals surface area contributed by atoms with Gasteiger partial charge in [-0.2, -0.15) is 0 Å². The molecule has 6 heteroatoms. The van der Waals surface area contributed by atoms with Crippen molar-refractivity contribution in [2.75, 3.05) is 4.90 Å². The fourth-order valence-electron chi connectivity index (χ4n) is 3.69. The molecule has 1 aliphatic rings. The molecule has 0 aliphatic carbocycles. The van der Waals surface area contributed by atoms with Crippen LogP contribution in [0, 0.1) is 0 Å². The Bertz CT molecular complexity index is 1260. The lowest BCUT2D eigenvalue weighted by molar-refractivity contribution is -0.117. The second-order valence-corrected chi connectivity index (χ2v) is 7.92. The van der Waals surface area contributed by atoms with E-state index in [4.69, 9.17) is 0 Å². The van der Waals surface area contributed by atoms with Crippen LogP contribution in [0.2, 0.25) is 0 Å². The van der Waals surface area contributed by atoms with Gasteiger partial charge in [-0.1, -0.05) is 84.1 Å². The van der Waals surface area contributed by atoms with E-state index in [1.54, 1.807) is 24.3 Å². The number of fused-ring (bicyclic) bond motifs is 1. The number of thiazole rings is 1. The summed E-state index contributed by atoms with van der Waals surface area (Å²) in [6, 6.07) is 24.7. The molecule has 5 nitrogen and oxygen atoms in total. The van der Waals surface area contributed by atoms with Gasteiger partial charge in [0.15, 0.2) is 16.7 Å². The molecule has 4 aromatic rings. The number of carbonyl (C=O) groups is 2. The van der Waals surface area contributed by atoms with Gasteiger partial charge in [-0.15, -0.1) is 0 Å². The Morgan fingerprint density at radius 3 is 2.23 bits per heavy atom. The van der Waals surface area contributed by atoms with Crippen molar-refractivity contribution >= 4 is 38.4 Å². The third kappa shape index (κ3) is 2.89. The van der Waals surface area contributed by atoms with Crippen molar-refractivity contribution in [3.05, 3.63) is 107 Å². The first-order chi connectivity index (χ1) is 14.6. The number of benzene rings is 3. The Labute approximate surface area is 176 Å². The molecule has 0 spiro atoms. The van der Waals surface area contributed by atoms with Gasteiger partial charge in [0.2, 0.25) is 0 Å². The zero-order valence-electron chi connectivity index (χ0n) is 15.7. The van der Waals surface area contributed by atoms with E-state index in [-0.39, 0.29) is 11.4 Å². The van der Waals surface area contributed by atoms with Crippen LogP contribution in [0.5, 0.6) is 0 Å². The number of para-hydroxylation sites is 1. The highest BCUT2D eigenvalue weighted by Crippen LogP contribution is 2.43. The molecular weight excluding hydrogens is 396 g/mol. The maximum atomic E-state index is 13.3. The van der Waals surface area contributed by atoms with E-state index in [9.17, 15) is 14.7 Å². The summed E-state index contributed by atoms with van der Waals surface area (Å²) in [7, 11) is 0. The van der Waals surface area contributed by atoms with E-state index >= 15 is 0 Å². The number of Topliss-reactive ketones (excluding diaryl/α,β-unsaturated/α-hetero) is 1. The van der Waals surface area contributed by atoms with Crippen molar-refractivity contribution in [3.63, 3.8) is 0 Å². The lowest BCUT2D eigenvalue weighted by Gasteiger charge is -2.24. The smallest absolute Gasteiger partial charge is 0.296 e. The van der Waals surface area contributed by atoms with Crippen molar-refractivity contribution in [3.8, 4) is 0 Å². The topological polar surface area (TPSA) is 70.5 Å². The molecule has 0 saturated carbocycles. The molecule has 1 unspecified atom stereocenters. The molecule has 1 aromatic heterocycles. The summed E-state index contributed by atoms with van der Waals surface area (Å²) in [4.78, 5) is 32.5. The summed E-state index contributed by atoms with van der Waals surface area (Å²) in [5, 5.41) is 11.2. The molecule has 3 aromatic carbocycles. The average molecular weight is 412 g/mol. The van der Waals surface area contributed by atoms with Crippen LogP contribution < -0.4 is 4.90 Å². The van der Waals surface area contributed by atoms with Gasteiger partial charge in [0.25, 0.3) is 5.91 Å². The molecule has 1 atom stereocenters. The Kier molecular flexibility index (Phi) is 4.41. The van der Waals surface area contributed by atoms with E-state index in [0.29, 0.717) is 10.7 Å². The molecule has 1 N–H and O–H groups in total. The Morgan fingerprint density at radius 1 is 0.900 bits per heavy atom. The molecular formula is C24H16N2O3S. The first-order valence-corrected chi connectivity index (χ1v) is 10.2. The normalized spacial score (nSPS) is 16.5. The molecule has 5 rings (SSSR count). The molecule has 0 saturated heterocycles. The van der Waals surface area contributed by atoms with Crippen LogP contribution >= 0.6 is 11.3 Å². The summed E-state index contributed by atoms with van der Waals surface area (Å²) in [6.45, 7) is 0. The van der Waals surface area contributed by atoms with Crippen molar-refractivity contribution in [2.24, 2.45) is 0 Å². The number of rotatable bonds is 4. The number of hydrogen-bond acceptors (Lipinski definition) is 5. The maximum Gasteiger partial charge on any atom is 0.296 e. The molecule has 2 heterocycles. The number of carbonyl (C=O) groups excluding carboxylic acids is 2. The van der Waals surface area contributed by atoms with Gasteiger partial charge >= 0.3 is 0 Å². The minimum atomic E-state index is -0.757. The predicted molar refractivity (Wildman–Crippen MR) is 117 cm³/mol. The van der Waals surface area contributed by atoms with E-state index in [1.165, 1.54) is 16.2 Å². The van der Waals surface area contributed by atoms with Crippen LogP contribution in [0.15, 0.2) is 96.3 Å². The number of amides is 1. The zero-order chi connectivity index (χ0) is 20.7. The van der Waals surface area contributed by atoms with Gasteiger partial charge in [0.05, 0.1) is 21.8 Å². The van der Waals surface area contributed by atoms with Crippen molar-refractivity contribution in [1.82, 2.24) is 4.98 Å². The number of anilines is 1. The Morgan fingerprint density at radius 2 is 1.53 bits per heavy atom. The second-order valence-electron chi connectivity index (χ2n) is 6.91. The molecule has 146 valence electrons. The standard InChI is InChI=1S/C24H16N2O3S/c27-21(16-11-5-2-6-12-16)19-20(15-9-3-1-4-10-15)26(23(29)22(19)28)24-25-17-13-7-8-14-18(17)30-24/h1-14,20,28H. The first-order valence-electron chi connectivity index (χ1n) is 9.42. The SMILES string of the molecule is O=C(C1=C(O)C(=O)N(c2nc3ccccc3s2)C1c1ccccc1)c1ccccc1. The van der Waals surface area contributed by atoms with Crippen LogP contribution in [0.25, 0.3) is 10.2 Å². The summed E-state index contributed by atoms with van der Waals surface area (Å²) in [5.41, 5.74) is 1.98. The second kappa shape index (κ2) is 7.24. The molecule has 1 aliphatic heterocycles. The summed E-state index contributed by atoms with van der Waals surface area (Å²) in [5.74, 6) is -1.53. The number of hydrogen-bond donors (Lipinski definition) is 1. The van der Waals surface area contributed by atoms with E-state index in [0.717, 1.165) is 15.8 Å². The quantitative estimate of drug-likeness (QED) is 0.475. The lowest BCUT2D eigenvalue weighted by atomic mass is 9.93. The van der Waals surface area contributed by atoms with Crippen LogP contribution in [0.3, 0.4) is 0 Å². The van der Waals surface area contributed by atoms with Crippen molar-refractivity contribution in [1.29, 1.82) is 0 Å². The number of aliphatic hydroxyl groups excluding tert-OH is 1. The van der Waals surface area contributed by atoms with Crippen LogP contribution in [-0.4, -0.2) is 21.8 Å². The number of aromatic nitrogens is 1. The van der Waals surface area contributed by atoms with E-state index < -0.39 is 17.7 Å². The summed E-state index contributed by atoms with van der Waals surface area (Å²) in [6.07, 6.45) is 0. The van der Waals surface area contributed by atoms with Crippen LogP contribution in [0.4, 0.5) is 5.13 Å². The van der Waals surface area contributed by atoms with Gasteiger partial charge < -0.3 is 5.11 Å². The van der Waals surface area contributed by atoms with Gasteiger partial charge in [0, 0.05) is 5.56 Å². The first kappa shape index (κ1) is 18.3. The number of aliphatic hydroxyl groups is 1. The van der Waals surface area contributed by atoms with Crippen molar-refractivity contribution in [2.45, 2.75) is 6.04 Å². The van der Waals surface area contributed by atoms with Crippen LogP contribution in [-0.2, 0) is 4.79 Å². The highest BCUT2D eigenvalue weighted by molar-refractivity contribution is 7.22. The number of nitrogens with zero attached hydrogens (tertiary/aromatic N) is 2. The monoisotopic (exact) mass is 412 g/mol. The summed E-state index contributed by atoms with van der Waals surface area (Å²) < 4.78 is 0.925.